The predicted molar refractivity (Wildman–Crippen MR) is 75.6 cm³/mol. The quantitative estimate of drug-likeness (QED) is 0.845. The van der Waals surface area contributed by atoms with Crippen LogP contribution in [0.15, 0.2) is 15.9 Å². The minimum atomic E-state index is -0.209. The number of hydrogen-bond acceptors (Lipinski definition) is 4. The van der Waals surface area contributed by atoms with Crippen LogP contribution in [0.3, 0.4) is 0 Å². The Morgan fingerprint density at radius 1 is 1.56 bits per heavy atom. The summed E-state index contributed by atoms with van der Waals surface area (Å²) in [4.78, 5) is 25.5. The summed E-state index contributed by atoms with van der Waals surface area (Å²) in [7, 11) is 1.60. The molecule has 0 aliphatic rings. The smallest absolute Gasteiger partial charge is 0.264 e. The lowest BCUT2D eigenvalue weighted by Gasteiger charge is -2.17. The van der Waals surface area contributed by atoms with Crippen molar-refractivity contribution >= 4 is 39.1 Å². The maximum atomic E-state index is 12.0. The summed E-state index contributed by atoms with van der Waals surface area (Å²) in [6.45, 7) is 2.22. The second-order valence-corrected chi connectivity index (χ2v) is 6.43. The van der Waals surface area contributed by atoms with E-state index < -0.39 is 0 Å². The van der Waals surface area contributed by atoms with Gasteiger partial charge in [-0.2, -0.15) is 0 Å². The summed E-state index contributed by atoms with van der Waals surface area (Å²) in [6, 6.07) is 3.45. The number of likely N-dealkylation sites (N-methyl/N-ethyl adjacent to an activating group) is 1. The zero-order valence-corrected chi connectivity index (χ0v) is 12.7. The third kappa shape index (κ3) is 4.40. The molecule has 1 aromatic heterocycles. The number of amides is 2. The highest BCUT2D eigenvalue weighted by molar-refractivity contribution is 9.11. The minimum absolute atomic E-state index is 0.0265. The Morgan fingerprint density at radius 3 is 2.72 bits per heavy atom. The molecule has 0 saturated carbocycles. The first kappa shape index (κ1) is 15.1. The van der Waals surface area contributed by atoms with E-state index in [9.17, 15) is 9.59 Å². The molecule has 0 aliphatic carbocycles. The molecule has 1 atom stereocenters. The lowest BCUT2D eigenvalue weighted by molar-refractivity contribution is -0.122. The van der Waals surface area contributed by atoms with Gasteiger partial charge in [0.1, 0.15) is 0 Å². The van der Waals surface area contributed by atoms with E-state index in [0.29, 0.717) is 11.4 Å². The molecular weight excluding hydrogens is 318 g/mol. The molecule has 0 radical (unpaired) electrons. The van der Waals surface area contributed by atoms with Gasteiger partial charge in [0, 0.05) is 19.6 Å². The zero-order valence-electron chi connectivity index (χ0n) is 10.3. The van der Waals surface area contributed by atoms with Gasteiger partial charge in [-0.05, 0) is 35.0 Å². The van der Waals surface area contributed by atoms with Crippen molar-refractivity contribution in [3.63, 3.8) is 0 Å². The second kappa shape index (κ2) is 6.86. The van der Waals surface area contributed by atoms with E-state index in [4.69, 9.17) is 5.73 Å². The van der Waals surface area contributed by atoms with Crippen LogP contribution in [0.4, 0.5) is 0 Å². The Bertz CT molecular complexity index is 436. The third-order valence-electron chi connectivity index (χ3n) is 2.27. The van der Waals surface area contributed by atoms with E-state index in [0.717, 1.165) is 3.79 Å². The molecule has 7 heteroatoms. The van der Waals surface area contributed by atoms with Crippen molar-refractivity contribution in [1.29, 1.82) is 0 Å². The first-order valence-electron chi connectivity index (χ1n) is 5.44. The van der Waals surface area contributed by atoms with Crippen molar-refractivity contribution in [2.75, 3.05) is 20.1 Å². The van der Waals surface area contributed by atoms with Crippen LogP contribution < -0.4 is 11.1 Å². The molecule has 0 fully saturated rings. The van der Waals surface area contributed by atoms with Gasteiger partial charge in [0.25, 0.3) is 5.91 Å². The highest BCUT2D eigenvalue weighted by atomic mass is 79.9. The molecular formula is C11H16BrN3O2S. The molecule has 0 aliphatic heterocycles. The summed E-state index contributed by atoms with van der Waals surface area (Å²) in [5.41, 5.74) is 5.41. The van der Waals surface area contributed by atoms with Crippen LogP contribution in [0, 0.1) is 0 Å². The molecule has 0 spiro atoms. The van der Waals surface area contributed by atoms with Crippen LogP contribution in [-0.2, 0) is 4.79 Å². The lowest BCUT2D eigenvalue weighted by atomic mass is 10.3. The fourth-order valence-electron chi connectivity index (χ4n) is 1.28. The van der Waals surface area contributed by atoms with Crippen molar-refractivity contribution in [3.8, 4) is 0 Å². The second-order valence-electron chi connectivity index (χ2n) is 3.97. The van der Waals surface area contributed by atoms with E-state index in [-0.39, 0.29) is 24.4 Å². The van der Waals surface area contributed by atoms with Gasteiger partial charge in [-0.3, -0.25) is 9.59 Å². The summed E-state index contributed by atoms with van der Waals surface area (Å²) in [6.07, 6.45) is 0. The number of carbonyl (C=O) groups excluding carboxylic acids is 2. The number of carbonyl (C=O) groups is 2. The van der Waals surface area contributed by atoms with Gasteiger partial charge in [-0.15, -0.1) is 11.3 Å². The van der Waals surface area contributed by atoms with Crippen LogP contribution in [0.5, 0.6) is 0 Å². The van der Waals surface area contributed by atoms with E-state index in [1.54, 1.807) is 13.1 Å². The van der Waals surface area contributed by atoms with Crippen molar-refractivity contribution in [1.82, 2.24) is 10.2 Å². The number of nitrogens with two attached hydrogens (primary N) is 1. The fraction of sp³-hybridized carbons (Fsp3) is 0.455. The van der Waals surface area contributed by atoms with E-state index in [1.165, 1.54) is 16.2 Å². The molecule has 2 amide bonds. The minimum Gasteiger partial charge on any atom is -0.351 e. The van der Waals surface area contributed by atoms with Crippen LogP contribution >= 0.6 is 27.3 Å². The Labute approximate surface area is 118 Å². The van der Waals surface area contributed by atoms with Gasteiger partial charge in [0.2, 0.25) is 5.91 Å². The molecule has 0 unspecified atom stereocenters. The van der Waals surface area contributed by atoms with Crippen LogP contribution in [0.2, 0.25) is 0 Å². The van der Waals surface area contributed by atoms with Crippen LogP contribution in [-0.4, -0.2) is 42.9 Å². The number of rotatable bonds is 5. The topological polar surface area (TPSA) is 75.4 Å². The highest BCUT2D eigenvalue weighted by Crippen LogP contribution is 2.22. The SMILES string of the molecule is C[C@@H](CN)NC(=O)CN(C)C(=O)c1ccc(Br)s1. The van der Waals surface area contributed by atoms with Crippen molar-refractivity contribution < 1.29 is 9.59 Å². The molecule has 1 rings (SSSR count). The molecule has 3 N–H and O–H groups in total. The number of nitrogens with zero attached hydrogens (tertiary/aromatic N) is 1. The Hall–Kier alpha value is -0.920. The average Bonchev–Trinajstić information content (AvgIpc) is 2.74. The van der Waals surface area contributed by atoms with Gasteiger partial charge < -0.3 is 16.0 Å². The van der Waals surface area contributed by atoms with E-state index in [2.05, 4.69) is 21.2 Å². The van der Waals surface area contributed by atoms with E-state index in [1.807, 2.05) is 13.0 Å². The Kier molecular flexibility index (Phi) is 5.77. The largest absolute Gasteiger partial charge is 0.351 e. The zero-order chi connectivity index (χ0) is 13.7. The third-order valence-corrected chi connectivity index (χ3v) is 3.88. The van der Waals surface area contributed by atoms with Gasteiger partial charge in [-0.25, -0.2) is 0 Å². The summed E-state index contributed by atoms with van der Waals surface area (Å²) in [5, 5.41) is 2.71. The molecule has 100 valence electrons. The summed E-state index contributed by atoms with van der Waals surface area (Å²) >= 11 is 4.64. The fourth-order valence-corrected chi connectivity index (χ4v) is 2.66. The van der Waals surface area contributed by atoms with Crippen molar-refractivity contribution in [3.05, 3.63) is 20.8 Å². The van der Waals surface area contributed by atoms with Gasteiger partial charge in [-0.1, -0.05) is 0 Å². The average molecular weight is 334 g/mol. The molecule has 18 heavy (non-hydrogen) atoms. The van der Waals surface area contributed by atoms with E-state index >= 15 is 0 Å². The van der Waals surface area contributed by atoms with Gasteiger partial charge in [0.15, 0.2) is 0 Å². The first-order valence-corrected chi connectivity index (χ1v) is 7.05. The predicted octanol–water partition coefficient (Wildman–Crippen LogP) is 1.05. The molecule has 0 saturated heterocycles. The standard InChI is InChI=1S/C11H16BrN3O2S/c1-7(5-13)14-10(16)6-15(2)11(17)8-3-4-9(12)18-8/h3-4,7H,5-6,13H2,1-2H3,(H,14,16)/t7-/m0/s1. The normalized spacial score (nSPS) is 12.0. The molecule has 5 nitrogen and oxygen atoms in total. The number of halogens is 1. The maximum absolute atomic E-state index is 12.0. The molecule has 0 aromatic carbocycles. The number of hydrogen-bond donors (Lipinski definition) is 2. The van der Waals surface area contributed by atoms with Crippen LogP contribution in [0.25, 0.3) is 0 Å². The lowest BCUT2D eigenvalue weighted by Crippen LogP contribution is -2.44. The van der Waals surface area contributed by atoms with Crippen molar-refractivity contribution in [2.45, 2.75) is 13.0 Å². The maximum Gasteiger partial charge on any atom is 0.264 e. The first-order chi connectivity index (χ1) is 8.43. The highest BCUT2D eigenvalue weighted by Gasteiger charge is 2.17. The molecule has 1 aromatic rings. The Balaban J connectivity index is 2.52. The van der Waals surface area contributed by atoms with Gasteiger partial charge >= 0.3 is 0 Å². The number of nitrogens with one attached hydrogen (secondary N) is 1. The van der Waals surface area contributed by atoms with Crippen LogP contribution in [0.1, 0.15) is 16.6 Å². The monoisotopic (exact) mass is 333 g/mol. The van der Waals surface area contributed by atoms with Crippen molar-refractivity contribution in [2.24, 2.45) is 5.73 Å². The van der Waals surface area contributed by atoms with Gasteiger partial charge in [0.05, 0.1) is 15.2 Å². The molecule has 1 heterocycles. The summed E-state index contributed by atoms with van der Waals surface area (Å²) in [5.74, 6) is -0.374. The number of thiophene rings is 1. The Morgan fingerprint density at radius 2 is 2.22 bits per heavy atom. The molecule has 0 bridgehead atoms. The summed E-state index contributed by atoms with van der Waals surface area (Å²) < 4.78 is 0.889.